The maximum absolute atomic E-state index is 15.2. The second-order valence-electron chi connectivity index (χ2n) is 37.3. The van der Waals surface area contributed by atoms with Gasteiger partial charge in [0.1, 0.15) is 93.7 Å². The van der Waals surface area contributed by atoms with Crippen LogP contribution in [-0.4, -0.2) is 207 Å². The Bertz CT molecular complexity index is 5800. The van der Waals surface area contributed by atoms with Gasteiger partial charge in [-0.05, 0) is 78.1 Å². The van der Waals surface area contributed by atoms with E-state index in [2.05, 4.69) is 71.3 Å². The van der Waals surface area contributed by atoms with Crippen LogP contribution in [-0.2, 0) is 102 Å². The summed E-state index contributed by atoms with van der Waals surface area (Å²) in [4.78, 5) is 95.7. The van der Waals surface area contributed by atoms with Crippen molar-refractivity contribution in [2.45, 2.75) is 207 Å². The van der Waals surface area contributed by atoms with Gasteiger partial charge in [-0.1, -0.05) is 338 Å². The summed E-state index contributed by atoms with van der Waals surface area (Å²) in [5.41, 5.74) is 3.86. The van der Waals surface area contributed by atoms with Gasteiger partial charge in [0.15, 0.2) is 43.6 Å². The number of alkyl carbamates (subject to hydrolysis) is 4. The van der Waals surface area contributed by atoms with E-state index in [1.54, 1.807) is 66.9 Å². The molecule has 7 aliphatic rings. The summed E-state index contributed by atoms with van der Waals surface area (Å²) in [6.45, 7) is 8.89. The predicted octanol–water partition coefficient (Wildman–Crippen LogP) is 12.8. The number of benzene rings is 10. The van der Waals surface area contributed by atoms with Crippen LogP contribution in [0.4, 0.5) is 24.0 Å². The van der Waals surface area contributed by atoms with E-state index in [0.29, 0.717) is 43.8 Å². The Morgan fingerprint density at radius 3 is 1.48 bits per heavy atom. The molecule has 30 nitrogen and oxygen atoms in total. The fourth-order valence-corrected chi connectivity index (χ4v) is 28.6. The maximum atomic E-state index is 15.2. The monoisotopic (exact) mass is 1940 g/mol. The minimum atomic E-state index is -4.26. The number of fused-ring (bicyclic) bond motifs is 3. The van der Waals surface area contributed by atoms with Crippen molar-refractivity contribution in [3.8, 4) is 0 Å². The average molecular weight is 1940 g/mol. The highest BCUT2D eigenvalue weighted by molar-refractivity contribution is 7.80. The van der Waals surface area contributed by atoms with E-state index < -0.39 is 186 Å². The van der Waals surface area contributed by atoms with E-state index in [-0.39, 0.29) is 64.2 Å². The first-order chi connectivity index (χ1) is 67.5. The van der Waals surface area contributed by atoms with Crippen LogP contribution < -0.4 is 42.0 Å². The first-order valence-electron chi connectivity index (χ1n) is 46.8. The van der Waals surface area contributed by atoms with Crippen LogP contribution in [0, 0.1) is 5.92 Å². The molecule has 10 aromatic carbocycles. The third-order valence-electron chi connectivity index (χ3n) is 26.8. The molecule has 0 radical (unpaired) electrons. The number of nitrogens with zero attached hydrogens (tertiary/aromatic N) is 3. The van der Waals surface area contributed by atoms with Gasteiger partial charge in [0.2, 0.25) is 0 Å². The summed E-state index contributed by atoms with van der Waals surface area (Å²) in [5, 5.41) is 26.9. The number of aliphatic hydroxyl groups is 1. The summed E-state index contributed by atoms with van der Waals surface area (Å²) < 4.78 is 114. The minimum Gasteiger partial charge on any atom is -0.462 e. The van der Waals surface area contributed by atoms with Crippen LogP contribution in [0.25, 0.3) is 0 Å². The zero-order valence-electron chi connectivity index (χ0n) is 77.3. The molecule has 33 heteroatoms. The molecular weight excluding hydrogens is 1830 g/mol. The molecular formula is C106H113N7O23SSi2. The maximum Gasteiger partial charge on any atom is 0.412 e. The summed E-state index contributed by atoms with van der Waals surface area (Å²) in [6, 6.07) is 88.1. The molecule has 0 spiro atoms. The highest BCUT2D eigenvalue weighted by Gasteiger charge is 2.64. The Morgan fingerprint density at radius 1 is 0.504 bits per heavy atom. The molecule has 0 bridgehead atoms. The fourth-order valence-electron chi connectivity index (χ4n) is 20.1. The number of rotatable bonds is 30. The van der Waals surface area contributed by atoms with Crippen molar-refractivity contribution in [2.75, 3.05) is 19.8 Å². The van der Waals surface area contributed by atoms with Gasteiger partial charge in [0.25, 0.3) is 21.8 Å². The lowest BCUT2D eigenvalue weighted by molar-refractivity contribution is -0.356. The van der Waals surface area contributed by atoms with Crippen molar-refractivity contribution in [1.29, 1.82) is 0 Å². The number of hydrogen-bond acceptors (Lipinski definition) is 25. The van der Waals surface area contributed by atoms with Crippen LogP contribution in [0.5, 0.6) is 0 Å². The van der Waals surface area contributed by atoms with Crippen LogP contribution in [0.2, 0.25) is 10.1 Å². The molecule has 6 aliphatic heterocycles. The average Bonchev–Trinajstić information content (AvgIpc) is 1.59. The highest BCUT2D eigenvalue weighted by Crippen LogP contribution is 2.51. The molecule has 6 N–H and O–H groups in total. The zero-order valence-corrected chi connectivity index (χ0v) is 80.1. The predicted molar refractivity (Wildman–Crippen MR) is 517 cm³/mol. The normalized spacial score (nSPS) is 26.7. The lowest BCUT2D eigenvalue weighted by Crippen LogP contribution is -2.70. The standard InChI is InChI=1S/C106H113N7O23SSi2/c1-105(2,3)139(76-52-32-14-33-53-76,77-54-34-15-35-55-77)126-66-83-87(131-97-84(110-100(116)123-62-69-38-18-7-19-39-69)86(114)90-81(127-97)60-113(94(130-90)72-44-24-10-25-45-72)103(119)125-64-71-42-22-9-23-43-71)78(59-106(4,5)138(120,74-48-28-12-29-49-74)75-50-30-13-31-51-75)96(128-83)134-93-88(79(58-80-89(93)135-102(118)109-80)108-99(115)122-61-68-36-16-6-17-37-68)132-98-85(111-101(117)124-63-70-40-20-8-21-41-70)92(136-104(137)112-57-56-107-67-112)91-82(129-98)65-121-95(133-91)73-46-26-11-27-47-73/h6-57,67,78-98,114,120H,58-66H2,1-5H3,(H,108,115)(H,109,118)(H,110,116)(H,111,117)/t78-,79+,80-,81+,82-,83-,84-,85-,86-,87+,88-,89+,90-,91-,92-,93+,94?,95?,96+,97-,98-/m1/s1. The van der Waals surface area contributed by atoms with Crippen LogP contribution in [0.3, 0.4) is 0 Å². The summed E-state index contributed by atoms with van der Waals surface area (Å²) >= 11 is 6.12. The molecule has 139 heavy (non-hydrogen) atoms. The molecule has 6 saturated heterocycles. The molecule has 7 heterocycles. The first kappa shape index (κ1) is 96.9. The molecule has 18 rings (SSSR count). The molecule has 7 fully saturated rings. The van der Waals surface area contributed by atoms with Crippen molar-refractivity contribution in [3.63, 3.8) is 0 Å². The quantitative estimate of drug-likeness (QED) is 0.0138. The number of carbonyl (C=O) groups is 5. The number of hydrogen-bond donors (Lipinski definition) is 6. The molecule has 1 aliphatic carbocycles. The number of nitrogens with one attached hydrogen (secondary N) is 4. The Labute approximate surface area is 813 Å². The third kappa shape index (κ3) is 21.8. The van der Waals surface area contributed by atoms with Gasteiger partial charge >= 0.3 is 30.5 Å². The van der Waals surface area contributed by atoms with E-state index >= 15 is 19.2 Å². The van der Waals surface area contributed by atoms with Crippen LogP contribution in [0.15, 0.2) is 322 Å². The van der Waals surface area contributed by atoms with Crippen LogP contribution >= 0.6 is 12.2 Å². The number of imidazole rings is 1. The fraction of sp³-hybridized carbons (Fsp3) is 0.349. The summed E-state index contributed by atoms with van der Waals surface area (Å²) in [6.07, 6.45) is -23.0. The Balaban J connectivity index is 0.805. The van der Waals surface area contributed by atoms with Crippen molar-refractivity contribution < 1.29 is 109 Å². The molecule has 724 valence electrons. The first-order valence-corrected chi connectivity index (χ1v) is 51.1. The van der Waals surface area contributed by atoms with Crippen molar-refractivity contribution in [1.82, 2.24) is 35.7 Å². The number of aliphatic hydroxyl groups excluding tert-OH is 1. The molecule has 21 atom stereocenters. The third-order valence-corrected chi connectivity index (χ3v) is 36.6. The molecule has 1 aromatic heterocycles. The Hall–Kier alpha value is -12.4. The summed E-state index contributed by atoms with van der Waals surface area (Å²) in [5.74, 6) is -1.24. The van der Waals surface area contributed by atoms with E-state index in [1.807, 2.05) is 232 Å². The van der Waals surface area contributed by atoms with Gasteiger partial charge in [-0.3, -0.25) is 9.47 Å². The van der Waals surface area contributed by atoms with Gasteiger partial charge in [-0.25, -0.2) is 29.0 Å². The smallest absolute Gasteiger partial charge is 0.412 e. The second kappa shape index (κ2) is 43.6. The molecule has 2 unspecified atom stereocenters. The molecule has 1 saturated carbocycles. The molecule has 5 amide bonds. The van der Waals surface area contributed by atoms with Crippen molar-refractivity contribution >= 4 is 85.2 Å². The van der Waals surface area contributed by atoms with Gasteiger partial charge in [0.05, 0.1) is 37.9 Å². The number of ether oxygens (including phenoxy) is 15. The van der Waals surface area contributed by atoms with E-state index in [9.17, 15) is 14.7 Å². The Kier molecular flexibility index (Phi) is 30.3. The second-order valence-corrected chi connectivity index (χ2v) is 45.9. The van der Waals surface area contributed by atoms with Gasteiger partial charge in [-0.15, -0.1) is 0 Å². The minimum absolute atomic E-state index is 0.102. The topological polar surface area (TPSA) is 343 Å². The van der Waals surface area contributed by atoms with Crippen molar-refractivity contribution in [3.05, 3.63) is 355 Å². The Morgan fingerprint density at radius 2 is 0.964 bits per heavy atom. The summed E-state index contributed by atoms with van der Waals surface area (Å²) in [7, 11) is -7.98. The largest absolute Gasteiger partial charge is 0.462 e. The van der Waals surface area contributed by atoms with Crippen LogP contribution in [0.1, 0.15) is 93.4 Å². The van der Waals surface area contributed by atoms with Gasteiger partial charge in [-0.2, -0.15) is 0 Å². The number of carbonyl (C=O) groups excluding carboxylic acids is 5. The lowest BCUT2D eigenvalue weighted by atomic mass is 9.83. The van der Waals surface area contributed by atoms with E-state index in [0.717, 1.165) is 10.4 Å². The number of amides is 5. The SMILES string of the molecule is CC(C)(C[C@H]1[C@H](O[C@@H]2[C@H]3OC(=O)N[C@@H]3C[C@H](NC(=O)OCc3ccccc3)[C@H]2O[C@H]2O[C@@H]3COC(c4ccccc4)O[C@H]3[C@H](OC(=S)n3ccnc3)[C@H]2NC(=O)OCc2ccccc2)O[C@H](CO[Si](c2ccccc2)(c2ccccc2)C(C)(C)C)[C@H]1O[C@H]1O[C@H]2CN(C(=O)OCc3ccccc3)C(c3ccccc3)O[C@H]2[C@H](O)[C@H]1NC(=O)OCc1ccccc1)[Si](O)(c1ccccc1)c1ccccc1. The number of aromatic nitrogens is 2. The highest BCUT2D eigenvalue weighted by atomic mass is 32.1. The van der Waals surface area contributed by atoms with Gasteiger partial charge < -0.3 is 107 Å². The van der Waals surface area contributed by atoms with Gasteiger partial charge in [0, 0.05) is 29.4 Å². The zero-order chi connectivity index (χ0) is 96.2. The number of thiocarbonyl (C=S) groups is 1. The molecule has 11 aromatic rings. The lowest BCUT2D eigenvalue weighted by Gasteiger charge is -2.51. The van der Waals surface area contributed by atoms with E-state index in [4.69, 9.17) is 87.7 Å². The van der Waals surface area contributed by atoms with E-state index in [1.165, 1.54) is 22.0 Å². The van der Waals surface area contributed by atoms with Crippen molar-refractivity contribution in [2.24, 2.45) is 5.92 Å².